The van der Waals surface area contributed by atoms with Crippen LogP contribution in [0.5, 0.6) is 0 Å². The molecule has 0 bridgehead atoms. The van der Waals surface area contributed by atoms with Gasteiger partial charge in [0.1, 0.15) is 11.6 Å². The van der Waals surface area contributed by atoms with Crippen LogP contribution in [0.3, 0.4) is 0 Å². The Bertz CT molecular complexity index is 725. The van der Waals surface area contributed by atoms with Crippen LogP contribution in [0.15, 0.2) is 53.5 Å². The highest BCUT2D eigenvalue weighted by molar-refractivity contribution is 6.00. The molecule has 0 radical (unpaired) electrons. The maximum atomic E-state index is 12.3. The Kier molecular flexibility index (Phi) is 5.94. The van der Waals surface area contributed by atoms with Crippen molar-refractivity contribution < 1.29 is 4.79 Å². The van der Waals surface area contributed by atoms with E-state index in [9.17, 15) is 4.79 Å². The highest BCUT2D eigenvalue weighted by Gasteiger charge is 2.10. The van der Waals surface area contributed by atoms with Gasteiger partial charge in [0.2, 0.25) is 0 Å². The fraction of sp³-hybridized carbons (Fsp3) is 0.263. The SMILES string of the molecule is Cc1cccc(CC(=O)Cc2cccc(C3=NCCN3)c2)c1.Cl. The van der Waals surface area contributed by atoms with Crippen molar-refractivity contribution in [3.8, 4) is 0 Å². The van der Waals surface area contributed by atoms with Crippen molar-refractivity contribution in [3.63, 3.8) is 0 Å². The van der Waals surface area contributed by atoms with E-state index in [0.29, 0.717) is 12.8 Å². The number of aliphatic imine (C=N–C) groups is 1. The first-order chi connectivity index (χ1) is 10.7. The van der Waals surface area contributed by atoms with Crippen LogP contribution in [0.25, 0.3) is 0 Å². The van der Waals surface area contributed by atoms with Crippen molar-refractivity contribution in [2.45, 2.75) is 19.8 Å². The number of benzene rings is 2. The molecule has 120 valence electrons. The number of amidine groups is 1. The van der Waals surface area contributed by atoms with E-state index in [0.717, 1.165) is 35.6 Å². The second kappa shape index (κ2) is 7.93. The maximum absolute atomic E-state index is 12.3. The van der Waals surface area contributed by atoms with Crippen LogP contribution in [0.4, 0.5) is 0 Å². The van der Waals surface area contributed by atoms with E-state index in [1.54, 1.807) is 0 Å². The Labute approximate surface area is 143 Å². The van der Waals surface area contributed by atoms with Gasteiger partial charge in [-0.1, -0.05) is 48.0 Å². The first kappa shape index (κ1) is 17.2. The molecule has 0 unspecified atom stereocenters. The first-order valence-electron chi connectivity index (χ1n) is 7.65. The molecular formula is C19H21ClN2O. The number of nitrogens with zero attached hydrogens (tertiary/aromatic N) is 1. The molecule has 2 aromatic rings. The number of Topliss-reactive ketones (excluding diaryl/α,β-unsaturated/α-hetero) is 1. The number of hydrogen-bond donors (Lipinski definition) is 1. The number of halogens is 1. The Morgan fingerprint density at radius 1 is 1.09 bits per heavy atom. The van der Waals surface area contributed by atoms with Gasteiger partial charge in [0, 0.05) is 24.9 Å². The first-order valence-corrected chi connectivity index (χ1v) is 7.65. The highest BCUT2D eigenvalue weighted by Crippen LogP contribution is 2.11. The number of ketones is 1. The van der Waals surface area contributed by atoms with Crippen molar-refractivity contribution in [2.24, 2.45) is 4.99 Å². The zero-order chi connectivity index (χ0) is 15.4. The summed E-state index contributed by atoms with van der Waals surface area (Å²) in [5.74, 6) is 1.18. The van der Waals surface area contributed by atoms with Gasteiger partial charge in [-0.05, 0) is 24.1 Å². The van der Waals surface area contributed by atoms with Crippen molar-refractivity contribution >= 4 is 24.0 Å². The maximum Gasteiger partial charge on any atom is 0.141 e. The molecule has 0 saturated carbocycles. The molecule has 0 saturated heterocycles. The number of nitrogens with one attached hydrogen (secondary N) is 1. The van der Waals surface area contributed by atoms with Crippen molar-refractivity contribution in [1.82, 2.24) is 5.32 Å². The molecule has 0 aliphatic carbocycles. The van der Waals surface area contributed by atoms with Crippen LogP contribution in [-0.2, 0) is 17.6 Å². The standard InChI is InChI=1S/C19H20N2O.ClH/c1-14-4-2-5-15(10-14)12-18(22)13-16-6-3-7-17(11-16)19-20-8-9-21-19;/h2-7,10-11H,8-9,12-13H2,1H3,(H,20,21);1H. The normalized spacial score (nSPS) is 13.0. The molecule has 3 rings (SSSR count). The zero-order valence-corrected chi connectivity index (χ0v) is 14.0. The number of carbonyl (C=O) groups is 1. The third kappa shape index (κ3) is 4.67. The summed E-state index contributed by atoms with van der Waals surface area (Å²) < 4.78 is 0. The molecule has 1 N–H and O–H groups in total. The van der Waals surface area contributed by atoms with Crippen LogP contribution >= 0.6 is 12.4 Å². The van der Waals surface area contributed by atoms with E-state index in [4.69, 9.17) is 0 Å². The van der Waals surface area contributed by atoms with E-state index < -0.39 is 0 Å². The molecule has 4 heteroatoms. The molecule has 1 aliphatic rings. The summed E-state index contributed by atoms with van der Waals surface area (Å²) in [4.78, 5) is 16.7. The Morgan fingerprint density at radius 3 is 2.43 bits per heavy atom. The van der Waals surface area contributed by atoms with Gasteiger partial charge in [0.05, 0.1) is 6.54 Å². The van der Waals surface area contributed by atoms with Crippen molar-refractivity contribution in [3.05, 3.63) is 70.8 Å². The second-order valence-corrected chi connectivity index (χ2v) is 5.74. The largest absolute Gasteiger partial charge is 0.368 e. The highest BCUT2D eigenvalue weighted by atomic mass is 35.5. The van der Waals surface area contributed by atoms with Gasteiger partial charge < -0.3 is 5.32 Å². The monoisotopic (exact) mass is 328 g/mol. The molecule has 1 heterocycles. The number of aryl methyl sites for hydroxylation is 1. The molecule has 1 aliphatic heterocycles. The zero-order valence-electron chi connectivity index (χ0n) is 13.2. The fourth-order valence-corrected chi connectivity index (χ4v) is 2.76. The molecule has 0 aromatic heterocycles. The fourth-order valence-electron chi connectivity index (χ4n) is 2.76. The molecule has 0 amide bonds. The minimum absolute atomic E-state index is 0. The quantitative estimate of drug-likeness (QED) is 0.916. The molecule has 0 atom stereocenters. The Balaban J connectivity index is 0.00000192. The third-order valence-electron chi connectivity index (χ3n) is 3.76. The number of hydrogen-bond acceptors (Lipinski definition) is 3. The summed E-state index contributed by atoms with van der Waals surface area (Å²) in [5, 5.41) is 3.26. The van der Waals surface area contributed by atoms with Crippen molar-refractivity contribution in [1.29, 1.82) is 0 Å². The van der Waals surface area contributed by atoms with Crippen LogP contribution in [-0.4, -0.2) is 24.7 Å². The second-order valence-electron chi connectivity index (χ2n) is 5.74. The van der Waals surface area contributed by atoms with Crippen molar-refractivity contribution in [2.75, 3.05) is 13.1 Å². The minimum atomic E-state index is 0. The molecule has 23 heavy (non-hydrogen) atoms. The van der Waals surface area contributed by atoms with E-state index in [-0.39, 0.29) is 18.2 Å². The van der Waals surface area contributed by atoms with Crippen LogP contribution in [0, 0.1) is 6.92 Å². The Hall–Kier alpha value is -2.13. The summed E-state index contributed by atoms with van der Waals surface area (Å²) in [6.45, 7) is 3.77. The predicted octanol–water partition coefficient (Wildman–Crippen LogP) is 3.12. The summed E-state index contributed by atoms with van der Waals surface area (Å²) >= 11 is 0. The number of rotatable bonds is 5. The molecule has 0 fully saturated rings. The van der Waals surface area contributed by atoms with Gasteiger partial charge >= 0.3 is 0 Å². The minimum Gasteiger partial charge on any atom is -0.368 e. The van der Waals surface area contributed by atoms with Gasteiger partial charge in [-0.2, -0.15) is 0 Å². The molecular weight excluding hydrogens is 308 g/mol. The molecule has 3 nitrogen and oxygen atoms in total. The lowest BCUT2D eigenvalue weighted by Gasteiger charge is -2.06. The smallest absolute Gasteiger partial charge is 0.141 e. The van der Waals surface area contributed by atoms with Crippen LogP contribution in [0.2, 0.25) is 0 Å². The van der Waals surface area contributed by atoms with Crippen LogP contribution in [0.1, 0.15) is 22.3 Å². The van der Waals surface area contributed by atoms with E-state index in [1.807, 2.05) is 43.3 Å². The average molecular weight is 329 g/mol. The molecule has 2 aromatic carbocycles. The lowest BCUT2D eigenvalue weighted by Crippen LogP contribution is -2.19. The average Bonchev–Trinajstić information content (AvgIpc) is 3.01. The number of carbonyl (C=O) groups excluding carboxylic acids is 1. The Morgan fingerprint density at radius 2 is 1.78 bits per heavy atom. The van der Waals surface area contributed by atoms with Gasteiger partial charge in [0.15, 0.2) is 0 Å². The van der Waals surface area contributed by atoms with Gasteiger partial charge in [0.25, 0.3) is 0 Å². The van der Waals surface area contributed by atoms with Gasteiger partial charge in [-0.3, -0.25) is 9.79 Å². The van der Waals surface area contributed by atoms with E-state index >= 15 is 0 Å². The van der Waals surface area contributed by atoms with Crippen LogP contribution < -0.4 is 5.32 Å². The lowest BCUT2D eigenvalue weighted by molar-refractivity contribution is -0.117. The lowest BCUT2D eigenvalue weighted by atomic mass is 10.00. The third-order valence-corrected chi connectivity index (χ3v) is 3.76. The summed E-state index contributed by atoms with van der Waals surface area (Å²) in [6.07, 6.45) is 0.958. The summed E-state index contributed by atoms with van der Waals surface area (Å²) in [7, 11) is 0. The molecule has 0 spiro atoms. The summed E-state index contributed by atoms with van der Waals surface area (Å²) in [6, 6.07) is 16.2. The predicted molar refractivity (Wildman–Crippen MR) is 96.7 cm³/mol. The topological polar surface area (TPSA) is 41.5 Å². The summed E-state index contributed by atoms with van der Waals surface area (Å²) in [5.41, 5.74) is 4.39. The van der Waals surface area contributed by atoms with E-state index in [2.05, 4.69) is 22.4 Å². The van der Waals surface area contributed by atoms with Gasteiger partial charge in [-0.15, -0.1) is 12.4 Å². The van der Waals surface area contributed by atoms with Gasteiger partial charge in [-0.25, -0.2) is 0 Å². The van der Waals surface area contributed by atoms with E-state index in [1.165, 1.54) is 5.56 Å².